The second-order valence-corrected chi connectivity index (χ2v) is 7.69. The lowest BCUT2D eigenvalue weighted by Crippen LogP contribution is -2.15. The minimum atomic E-state index is -0.481. The van der Waals surface area contributed by atoms with Crippen molar-refractivity contribution in [3.63, 3.8) is 0 Å². The molecule has 0 amide bonds. The van der Waals surface area contributed by atoms with Crippen molar-refractivity contribution >= 4 is 43.7 Å². The Labute approximate surface area is 180 Å². The quantitative estimate of drug-likeness (QED) is 0.405. The number of carbonyl (C=O) groups is 1. The van der Waals surface area contributed by atoms with Gasteiger partial charge in [-0.2, -0.15) is 0 Å². The molecule has 0 spiro atoms. The number of rotatable bonds is 6. The predicted molar refractivity (Wildman–Crippen MR) is 115 cm³/mol. The number of esters is 1. The highest BCUT2D eigenvalue weighted by Gasteiger charge is 2.21. The van der Waals surface area contributed by atoms with Crippen molar-refractivity contribution in [2.45, 2.75) is 26.6 Å². The zero-order valence-corrected chi connectivity index (χ0v) is 18.2. The summed E-state index contributed by atoms with van der Waals surface area (Å²) in [4.78, 5) is 28.6. The van der Waals surface area contributed by atoms with Gasteiger partial charge in [-0.15, -0.1) is 0 Å². The first-order chi connectivity index (χ1) is 14.5. The molecule has 8 nitrogen and oxygen atoms in total. The maximum Gasteiger partial charge on any atom is 0.357 e. The summed E-state index contributed by atoms with van der Waals surface area (Å²) in [6.45, 7) is 3.81. The number of aromatic amines is 1. The average molecular weight is 471 g/mol. The van der Waals surface area contributed by atoms with Crippen molar-refractivity contribution in [2.75, 3.05) is 7.11 Å². The fourth-order valence-corrected chi connectivity index (χ4v) is 3.41. The number of carbonyl (C=O) groups excluding carboxylic acids is 1. The van der Waals surface area contributed by atoms with Crippen LogP contribution in [0.5, 0.6) is 11.6 Å². The molecule has 4 rings (SSSR count). The van der Waals surface area contributed by atoms with E-state index >= 15 is 0 Å². The predicted octanol–water partition coefficient (Wildman–Crippen LogP) is 4.77. The SMILES string of the molecule is COCc1c(C(=O)OC(C)C)ncc2[nH]c3ccc(Oc4cnc(Br)cn4)cc3c12. The number of hydrogen-bond acceptors (Lipinski definition) is 7. The Balaban J connectivity index is 1.84. The van der Waals surface area contributed by atoms with Crippen LogP contribution in [-0.4, -0.2) is 39.1 Å². The van der Waals surface area contributed by atoms with Gasteiger partial charge in [0.25, 0.3) is 0 Å². The summed E-state index contributed by atoms with van der Waals surface area (Å²) < 4.78 is 17.2. The molecule has 30 heavy (non-hydrogen) atoms. The second-order valence-electron chi connectivity index (χ2n) is 6.87. The Morgan fingerprint density at radius 3 is 2.67 bits per heavy atom. The lowest BCUT2D eigenvalue weighted by atomic mass is 10.1. The van der Waals surface area contributed by atoms with Gasteiger partial charge in [0.05, 0.1) is 36.8 Å². The topological polar surface area (TPSA) is 99.2 Å². The van der Waals surface area contributed by atoms with E-state index in [0.717, 1.165) is 21.8 Å². The smallest absolute Gasteiger partial charge is 0.357 e. The molecule has 0 saturated carbocycles. The molecule has 0 aliphatic carbocycles. The summed E-state index contributed by atoms with van der Waals surface area (Å²) in [5, 5.41) is 1.71. The molecule has 1 N–H and O–H groups in total. The van der Waals surface area contributed by atoms with Gasteiger partial charge in [-0.05, 0) is 48.0 Å². The molecule has 0 bridgehead atoms. The second kappa shape index (κ2) is 8.37. The number of pyridine rings is 1. The Bertz CT molecular complexity index is 1220. The normalized spacial score (nSPS) is 11.4. The number of aromatic nitrogens is 4. The number of hydrogen-bond donors (Lipinski definition) is 1. The van der Waals surface area contributed by atoms with Gasteiger partial charge in [-0.25, -0.2) is 19.7 Å². The number of nitrogens with zero attached hydrogens (tertiary/aromatic N) is 3. The van der Waals surface area contributed by atoms with E-state index in [1.165, 1.54) is 6.20 Å². The first-order valence-corrected chi connectivity index (χ1v) is 10.0. The zero-order valence-electron chi connectivity index (χ0n) is 16.6. The standard InChI is InChI=1S/C21H19BrN4O4/c1-11(2)29-21(27)20-14(10-28-3)19-13-6-12(30-18-9-23-17(22)8-24-18)4-5-15(13)26-16(19)7-25-20/h4-9,11,26H,10H2,1-3H3. The monoisotopic (exact) mass is 470 g/mol. The van der Waals surface area contributed by atoms with Gasteiger partial charge >= 0.3 is 5.97 Å². The molecule has 9 heteroatoms. The maximum atomic E-state index is 12.6. The van der Waals surface area contributed by atoms with Gasteiger partial charge in [0.15, 0.2) is 5.69 Å². The van der Waals surface area contributed by atoms with Crippen LogP contribution < -0.4 is 4.74 Å². The van der Waals surface area contributed by atoms with Crippen LogP contribution >= 0.6 is 15.9 Å². The minimum absolute atomic E-state index is 0.211. The number of nitrogens with one attached hydrogen (secondary N) is 1. The Morgan fingerprint density at radius 2 is 1.97 bits per heavy atom. The molecule has 0 atom stereocenters. The number of H-pyrrole nitrogens is 1. The van der Waals surface area contributed by atoms with Gasteiger partial charge in [0, 0.05) is 29.0 Å². The third kappa shape index (κ3) is 3.99. The van der Waals surface area contributed by atoms with Crippen molar-refractivity contribution in [3.05, 3.63) is 52.7 Å². The number of methoxy groups -OCH3 is 1. The lowest BCUT2D eigenvalue weighted by molar-refractivity contribution is 0.0366. The number of ether oxygens (including phenoxy) is 3. The lowest BCUT2D eigenvalue weighted by Gasteiger charge is -2.12. The molecule has 0 saturated heterocycles. The molecule has 0 radical (unpaired) electrons. The Kier molecular flexibility index (Phi) is 5.65. The highest BCUT2D eigenvalue weighted by Crippen LogP contribution is 2.33. The van der Waals surface area contributed by atoms with E-state index < -0.39 is 5.97 Å². The van der Waals surface area contributed by atoms with Gasteiger partial charge in [-0.3, -0.25) is 0 Å². The Morgan fingerprint density at radius 1 is 1.13 bits per heavy atom. The molecule has 3 heterocycles. The van der Waals surface area contributed by atoms with E-state index in [1.54, 1.807) is 33.4 Å². The van der Waals surface area contributed by atoms with Crippen molar-refractivity contribution in [1.29, 1.82) is 0 Å². The molecule has 3 aromatic heterocycles. The number of halogens is 1. The van der Waals surface area contributed by atoms with E-state index in [4.69, 9.17) is 14.2 Å². The van der Waals surface area contributed by atoms with Gasteiger partial charge < -0.3 is 19.2 Å². The first-order valence-electron chi connectivity index (χ1n) is 9.25. The first kappa shape index (κ1) is 20.2. The van der Waals surface area contributed by atoms with Crippen LogP contribution in [0, 0.1) is 0 Å². The van der Waals surface area contributed by atoms with Crippen LogP contribution in [-0.2, 0) is 16.1 Å². The summed E-state index contributed by atoms with van der Waals surface area (Å²) in [6, 6.07) is 5.62. The van der Waals surface area contributed by atoms with Gasteiger partial charge in [-0.1, -0.05) is 0 Å². The number of fused-ring (bicyclic) bond motifs is 3. The molecule has 4 aromatic rings. The van der Waals surface area contributed by atoms with E-state index in [-0.39, 0.29) is 18.4 Å². The van der Waals surface area contributed by atoms with Crippen LogP contribution in [0.2, 0.25) is 0 Å². The fourth-order valence-electron chi connectivity index (χ4n) is 3.21. The van der Waals surface area contributed by atoms with Crippen molar-refractivity contribution < 1.29 is 19.0 Å². The molecule has 0 fully saturated rings. The zero-order chi connectivity index (χ0) is 21.3. The molecular formula is C21H19BrN4O4. The summed E-state index contributed by atoms with van der Waals surface area (Å²) in [6.07, 6.45) is 4.48. The minimum Gasteiger partial charge on any atom is -0.458 e. The third-order valence-electron chi connectivity index (χ3n) is 4.35. The van der Waals surface area contributed by atoms with Crippen LogP contribution in [0.25, 0.3) is 21.8 Å². The molecular weight excluding hydrogens is 452 g/mol. The van der Waals surface area contributed by atoms with Crippen LogP contribution in [0.1, 0.15) is 29.9 Å². The molecule has 154 valence electrons. The number of benzene rings is 1. The largest absolute Gasteiger partial charge is 0.458 e. The molecule has 0 aliphatic rings. The highest BCUT2D eigenvalue weighted by atomic mass is 79.9. The maximum absolute atomic E-state index is 12.6. The summed E-state index contributed by atoms with van der Waals surface area (Å²) in [7, 11) is 1.58. The van der Waals surface area contributed by atoms with Crippen molar-refractivity contribution in [3.8, 4) is 11.6 Å². The van der Waals surface area contributed by atoms with Crippen LogP contribution in [0.3, 0.4) is 0 Å². The molecule has 1 aromatic carbocycles. The molecule has 0 unspecified atom stereocenters. The van der Waals surface area contributed by atoms with Crippen LogP contribution in [0.4, 0.5) is 0 Å². The summed E-state index contributed by atoms with van der Waals surface area (Å²) in [5.74, 6) is 0.481. The highest BCUT2D eigenvalue weighted by molar-refractivity contribution is 9.10. The van der Waals surface area contributed by atoms with E-state index in [9.17, 15) is 4.79 Å². The van der Waals surface area contributed by atoms with Gasteiger partial charge in [0.1, 0.15) is 10.4 Å². The van der Waals surface area contributed by atoms with E-state index in [2.05, 4.69) is 35.9 Å². The summed E-state index contributed by atoms with van der Waals surface area (Å²) in [5.41, 5.74) is 2.57. The molecule has 0 aliphatic heterocycles. The van der Waals surface area contributed by atoms with Crippen molar-refractivity contribution in [1.82, 2.24) is 19.9 Å². The van der Waals surface area contributed by atoms with E-state index in [0.29, 0.717) is 21.8 Å². The van der Waals surface area contributed by atoms with E-state index in [1.807, 2.05) is 18.2 Å². The van der Waals surface area contributed by atoms with Crippen molar-refractivity contribution in [2.24, 2.45) is 0 Å². The van der Waals surface area contributed by atoms with Crippen LogP contribution in [0.15, 0.2) is 41.4 Å². The van der Waals surface area contributed by atoms with Gasteiger partial charge in [0.2, 0.25) is 5.88 Å². The summed E-state index contributed by atoms with van der Waals surface area (Å²) >= 11 is 3.25. The third-order valence-corrected chi connectivity index (χ3v) is 4.76. The average Bonchev–Trinajstić information content (AvgIpc) is 3.08. The fraction of sp³-hybridized carbons (Fsp3) is 0.238. The Hall–Kier alpha value is -3.04.